The Morgan fingerprint density at radius 3 is 2.03 bits per heavy atom. The van der Waals surface area contributed by atoms with Crippen LogP contribution in [-0.2, 0) is 19.1 Å². The summed E-state index contributed by atoms with van der Waals surface area (Å²) in [5.74, 6) is -3.37. The van der Waals surface area contributed by atoms with Gasteiger partial charge >= 0.3 is 12.1 Å². The Balaban J connectivity index is 1.67. The van der Waals surface area contributed by atoms with Crippen molar-refractivity contribution in [1.82, 2.24) is 10.6 Å². The number of nitrogens with two attached hydrogens (primary N) is 1. The lowest BCUT2D eigenvalue weighted by atomic mass is 9.98. The highest BCUT2D eigenvalue weighted by atomic mass is 32.1. The number of benzene rings is 2. The minimum atomic E-state index is -1.38. The van der Waals surface area contributed by atoms with Gasteiger partial charge in [-0.3, -0.25) is 9.59 Å². The van der Waals surface area contributed by atoms with Gasteiger partial charge in [0.25, 0.3) is 0 Å². The zero-order chi connectivity index (χ0) is 23.3. The van der Waals surface area contributed by atoms with Crippen molar-refractivity contribution in [2.75, 3.05) is 12.4 Å². The highest BCUT2D eigenvalue weighted by Crippen LogP contribution is 2.44. The molecule has 0 aromatic heterocycles. The molecule has 0 unspecified atom stereocenters. The van der Waals surface area contributed by atoms with E-state index in [-0.39, 0.29) is 18.3 Å². The van der Waals surface area contributed by atoms with Crippen molar-refractivity contribution in [1.29, 1.82) is 0 Å². The lowest BCUT2D eigenvalue weighted by Gasteiger charge is -2.20. The van der Waals surface area contributed by atoms with Crippen LogP contribution in [0.5, 0.6) is 0 Å². The summed E-state index contributed by atoms with van der Waals surface area (Å²) in [6.45, 7) is 0.0131. The molecule has 2 atom stereocenters. The van der Waals surface area contributed by atoms with Gasteiger partial charge < -0.3 is 26.2 Å². The standard InChI is InChI=1S/C22H23N3O6S/c23-19(26)9-17(20(27)24-18(11-32)21(28)29)25-22(30)31-10-16-14-7-3-1-5-12(14)13-6-2-4-8-15(13)16/h1-8,16-18,32H,9-11H2,(H2,23,26)(H,24,27)(H,25,30)(H,28,29)/t17-,18-/m0/s1. The zero-order valence-electron chi connectivity index (χ0n) is 17.0. The normalized spacial score (nSPS) is 13.9. The molecule has 9 nitrogen and oxygen atoms in total. The van der Waals surface area contributed by atoms with Crippen LogP contribution < -0.4 is 16.4 Å². The molecule has 0 heterocycles. The molecule has 2 aromatic rings. The van der Waals surface area contributed by atoms with Crippen molar-refractivity contribution in [2.24, 2.45) is 5.73 Å². The molecule has 0 bridgehead atoms. The van der Waals surface area contributed by atoms with Crippen LogP contribution in [0, 0.1) is 0 Å². The Morgan fingerprint density at radius 2 is 1.53 bits per heavy atom. The predicted molar refractivity (Wildman–Crippen MR) is 119 cm³/mol. The average Bonchev–Trinajstić information content (AvgIpc) is 3.08. The number of carboxylic acid groups (broad SMARTS) is 1. The van der Waals surface area contributed by atoms with E-state index in [0.29, 0.717) is 0 Å². The number of carbonyl (C=O) groups is 4. The van der Waals surface area contributed by atoms with Gasteiger partial charge in [-0.05, 0) is 22.3 Å². The Bertz CT molecular complexity index is 998. The number of aliphatic carboxylic acids is 1. The van der Waals surface area contributed by atoms with Crippen LogP contribution in [0.4, 0.5) is 4.79 Å². The van der Waals surface area contributed by atoms with E-state index in [4.69, 9.17) is 15.6 Å². The summed E-state index contributed by atoms with van der Waals surface area (Å²) < 4.78 is 5.37. The number of hydrogen-bond acceptors (Lipinski definition) is 6. The lowest BCUT2D eigenvalue weighted by Crippen LogP contribution is -2.53. The summed E-state index contributed by atoms with van der Waals surface area (Å²) in [4.78, 5) is 47.3. The van der Waals surface area contributed by atoms with Gasteiger partial charge in [-0.1, -0.05) is 48.5 Å². The fraction of sp³-hybridized carbons (Fsp3) is 0.273. The molecule has 32 heavy (non-hydrogen) atoms. The second-order valence-corrected chi connectivity index (χ2v) is 7.64. The van der Waals surface area contributed by atoms with E-state index in [2.05, 4.69) is 23.3 Å². The summed E-state index contributed by atoms with van der Waals surface area (Å²) in [6.07, 6.45) is -1.44. The molecule has 3 rings (SSSR count). The number of ether oxygens (including phenoxy) is 1. The number of rotatable bonds is 9. The fourth-order valence-corrected chi connectivity index (χ4v) is 3.90. The van der Waals surface area contributed by atoms with Crippen LogP contribution >= 0.6 is 12.6 Å². The first kappa shape index (κ1) is 23.1. The smallest absolute Gasteiger partial charge is 0.407 e. The third-order valence-corrected chi connectivity index (χ3v) is 5.52. The minimum Gasteiger partial charge on any atom is -0.480 e. The highest BCUT2D eigenvalue weighted by Gasteiger charge is 2.31. The van der Waals surface area contributed by atoms with E-state index < -0.39 is 42.4 Å². The van der Waals surface area contributed by atoms with Gasteiger partial charge in [0.15, 0.2) is 0 Å². The molecule has 0 saturated heterocycles. The molecular weight excluding hydrogens is 434 g/mol. The zero-order valence-corrected chi connectivity index (χ0v) is 17.9. The number of carbonyl (C=O) groups excluding carboxylic acids is 3. The van der Waals surface area contributed by atoms with Gasteiger partial charge in [0.2, 0.25) is 11.8 Å². The molecule has 168 valence electrons. The summed E-state index contributed by atoms with van der Waals surface area (Å²) in [6, 6.07) is 13.0. The van der Waals surface area contributed by atoms with E-state index >= 15 is 0 Å². The van der Waals surface area contributed by atoms with Gasteiger partial charge in [0.1, 0.15) is 18.7 Å². The SMILES string of the molecule is NC(=O)C[C@H](NC(=O)OCC1c2ccccc2-c2ccccc21)C(=O)N[C@@H](CS)C(=O)O. The number of fused-ring (bicyclic) bond motifs is 3. The second-order valence-electron chi connectivity index (χ2n) is 7.27. The third-order valence-electron chi connectivity index (χ3n) is 5.15. The number of carboxylic acids is 1. The first-order chi connectivity index (χ1) is 15.3. The number of alkyl carbamates (subject to hydrolysis) is 1. The van der Waals surface area contributed by atoms with Crippen molar-refractivity contribution in [3.8, 4) is 11.1 Å². The first-order valence-electron chi connectivity index (χ1n) is 9.85. The summed E-state index contributed by atoms with van der Waals surface area (Å²) in [5, 5.41) is 13.6. The Morgan fingerprint density at radius 1 is 0.969 bits per heavy atom. The monoisotopic (exact) mass is 457 g/mol. The van der Waals surface area contributed by atoms with E-state index in [1.165, 1.54) is 0 Å². The Kier molecular flexibility index (Phi) is 7.37. The van der Waals surface area contributed by atoms with Crippen LogP contribution in [0.3, 0.4) is 0 Å². The summed E-state index contributed by atoms with van der Waals surface area (Å²) in [5.41, 5.74) is 9.33. The molecule has 5 N–H and O–H groups in total. The number of primary amides is 1. The van der Waals surface area contributed by atoms with Gasteiger partial charge in [0, 0.05) is 11.7 Å². The molecule has 1 aliphatic carbocycles. The number of nitrogens with one attached hydrogen (secondary N) is 2. The van der Waals surface area contributed by atoms with Crippen molar-refractivity contribution in [2.45, 2.75) is 24.4 Å². The van der Waals surface area contributed by atoms with Crippen LogP contribution in [0.2, 0.25) is 0 Å². The van der Waals surface area contributed by atoms with Crippen molar-refractivity contribution in [3.05, 3.63) is 59.7 Å². The summed E-state index contributed by atoms with van der Waals surface area (Å²) >= 11 is 3.87. The predicted octanol–water partition coefficient (Wildman–Crippen LogP) is 1.27. The van der Waals surface area contributed by atoms with Crippen molar-refractivity contribution in [3.63, 3.8) is 0 Å². The molecule has 0 saturated carbocycles. The van der Waals surface area contributed by atoms with Gasteiger partial charge in [0.05, 0.1) is 6.42 Å². The van der Waals surface area contributed by atoms with Crippen LogP contribution in [0.25, 0.3) is 11.1 Å². The van der Waals surface area contributed by atoms with E-state index in [9.17, 15) is 19.2 Å². The maximum Gasteiger partial charge on any atom is 0.407 e. The number of amides is 3. The van der Waals surface area contributed by atoms with E-state index in [1.54, 1.807) is 0 Å². The molecule has 0 fully saturated rings. The Hall–Kier alpha value is -3.53. The highest BCUT2D eigenvalue weighted by molar-refractivity contribution is 7.80. The van der Waals surface area contributed by atoms with Crippen LogP contribution in [0.1, 0.15) is 23.5 Å². The molecule has 10 heteroatoms. The number of hydrogen-bond donors (Lipinski definition) is 5. The Labute approximate surface area is 189 Å². The number of thiol groups is 1. The first-order valence-corrected chi connectivity index (χ1v) is 10.5. The van der Waals surface area contributed by atoms with E-state index in [0.717, 1.165) is 22.3 Å². The van der Waals surface area contributed by atoms with Gasteiger partial charge in [-0.15, -0.1) is 0 Å². The molecule has 0 aliphatic heterocycles. The maximum atomic E-state index is 12.4. The minimum absolute atomic E-state index is 0.0131. The molecule has 3 amide bonds. The molecule has 0 radical (unpaired) electrons. The maximum absolute atomic E-state index is 12.4. The van der Waals surface area contributed by atoms with Gasteiger partial charge in [-0.2, -0.15) is 12.6 Å². The van der Waals surface area contributed by atoms with Crippen molar-refractivity contribution >= 4 is 36.5 Å². The van der Waals surface area contributed by atoms with Crippen LogP contribution in [0.15, 0.2) is 48.5 Å². The van der Waals surface area contributed by atoms with Gasteiger partial charge in [-0.25, -0.2) is 9.59 Å². The van der Waals surface area contributed by atoms with Crippen molar-refractivity contribution < 1.29 is 29.0 Å². The lowest BCUT2D eigenvalue weighted by molar-refractivity contribution is -0.141. The topological polar surface area (TPSA) is 148 Å². The largest absolute Gasteiger partial charge is 0.480 e. The van der Waals surface area contributed by atoms with Crippen LogP contribution in [-0.4, -0.2) is 53.4 Å². The fourth-order valence-electron chi connectivity index (χ4n) is 3.65. The quantitative estimate of drug-likeness (QED) is 0.358. The van der Waals surface area contributed by atoms with E-state index in [1.807, 2.05) is 48.5 Å². The third kappa shape index (κ3) is 5.20. The molecule has 1 aliphatic rings. The second kappa shape index (κ2) is 10.2. The molecule has 2 aromatic carbocycles. The average molecular weight is 458 g/mol. The molecular formula is C22H23N3O6S. The summed E-state index contributed by atoms with van der Waals surface area (Å²) in [7, 11) is 0. The molecule has 0 spiro atoms.